The van der Waals surface area contributed by atoms with Crippen molar-refractivity contribution in [2.24, 2.45) is 0 Å². The van der Waals surface area contributed by atoms with Gasteiger partial charge in [0.15, 0.2) is 29.1 Å². The molecule has 0 aromatic heterocycles. The highest BCUT2D eigenvalue weighted by Crippen LogP contribution is 2.47. The molecular weight excluding hydrogens is 1030 g/mol. The van der Waals surface area contributed by atoms with Crippen LogP contribution in [0.25, 0.3) is 0 Å². The maximum absolute atomic E-state index is 17.4. The summed E-state index contributed by atoms with van der Waals surface area (Å²) in [4.78, 5) is 15.3. The molecule has 11 heteroatoms. The molecule has 82 heavy (non-hydrogen) atoms. The van der Waals surface area contributed by atoms with E-state index in [9.17, 15) is 0 Å². The zero-order chi connectivity index (χ0) is 55.7. The molecule has 0 spiro atoms. The van der Waals surface area contributed by atoms with Crippen molar-refractivity contribution >= 4 is 5.97 Å². The summed E-state index contributed by atoms with van der Waals surface area (Å²) in [6, 6.07) is 77.6. The Bertz CT molecular complexity index is 3580. The predicted molar refractivity (Wildman–Crippen MR) is 311 cm³/mol. The summed E-state index contributed by atoms with van der Waals surface area (Å²) in [7, 11) is 0. The Morgan fingerprint density at radius 3 is 1.16 bits per heavy atom. The minimum Gasteiger partial charge on any atom is -0.489 e. The highest BCUT2D eigenvalue weighted by molar-refractivity contribution is 5.91. The van der Waals surface area contributed by atoms with Crippen LogP contribution in [0.3, 0.4) is 0 Å². The van der Waals surface area contributed by atoms with Crippen molar-refractivity contribution in [1.82, 2.24) is 0 Å². The number of fused-ring (bicyclic) bond motifs is 1. The minimum absolute atomic E-state index is 0.0354. The van der Waals surface area contributed by atoms with Crippen molar-refractivity contribution in [3.63, 3.8) is 0 Å². The number of carbonyl (C=O) groups excluding carboxylic acids is 1. The zero-order valence-electron chi connectivity index (χ0n) is 44.9. The van der Waals surface area contributed by atoms with E-state index in [1.807, 2.05) is 218 Å². The monoisotopic (exact) mass is 1090 g/mol. The maximum Gasteiger partial charge on any atom is 0.338 e. The van der Waals surface area contributed by atoms with E-state index in [-0.39, 0.29) is 86.8 Å². The van der Waals surface area contributed by atoms with Gasteiger partial charge in [0.05, 0.1) is 5.56 Å². The van der Waals surface area contributed by atoms with Gasteiger partial charge < -0.3 is 42.6 Å². The van der Waals surface area contributed by atoms with Crippen molar-refractivity contribution in [2.75, 3.05) is 0 Å². The fourth-order valence-electron chi connectivity index (χ4n) is 9.40. The normalized spacial score (nSPS) is 13.4. The molecule has 0 saturated heterocycles. The van der Waals surface area contributed by atoms with Crippen LogP contribution in [-0.4, -0.2) is 12.1 Å². The SMILES string of the molecule is O=C(O[C@@H]1Cc2c(OCc3ccccc3)cc(OCc3ccccc3)cc2O[C@H]1c1cc(OCc2ccccc2)c(OCc2ccccc2)cc1F)c1cc(OCc2ccccc2)c(OCc2ccccc2)c(OCc2ccccc2)c1. The van der Waals surface area contributed by atoms with Crippen molar-refractivity contribution < 1.29 is 51.8 Å². The summed E-state index contributed by atoms with van der Waals surface area (Å²) in [5, 5.41) is 0. The largest absolute Gasteiger partial charge is 0.489 e. The second-order valence-corrected chi connectivity index (χ2v) is 19.6. The van der Waals surface area contributed by atoms with Crippen LogP contribution in [-0.2, 0) is 57.4 Å². The van der Waals surface area contributed by atoms with Crippen LogP contribution in [0.2, 0.25) is 0 Å². The molecule has 1 heterocycles. The summed E-state index contributed by atoms with van der Waals surface area (Å²) >= 11 is 0. The van der Waals surface area contributed by atoms with Gasteiger partial charge in [-0.25, -0.2) is 9.18 Å². The van der Waals surface area contributed by atoms with Crippen LogP contribution in [0.1, 0.15) is 66.5 Å². The number of carbonyl (C=O) groups is 1. The molecular formula is C71H59FO10. The molecule has 10 aromatic rings. The smallest absolute Gasteiger partial charge is 0.338 e. The lowest BCUT2D eigenvalue weighted by Gasteiger charge is -2.35. The first kappa shape index (κ1) is 54.0. The van der Waals surface area contributed by atoms with E-state index in [0.29, 0.717) is 28.6 Å². The van der Waals surface area contributed by atoms with Gasteiger partial charge >= 0.3 is 5.97 Å². The molecule has 2 atom stereocenters. The first-order valence-corrected chi connectivity index (χ1v) is 27.2. The van der Waals surface area contributed by atoms with E-state index in [1.54, 1.807) is 24.3 Å². The molecule has 1 aliphatic heterocycles. The number of benzene rings is 10. The highest BCUT2D eigenvalue weighted by Gasteiger charge is 2.39. The molecule has 1 aliphatic rings. The predicted octanol–water partition coefficient (Wildman–Crippen LogP) is 15.8. The molecule has 0 unspecified atom stereocenters. The average molecular weight is 1090 g/mol. The van der Waals surface area contributed by atoms with Gasteiger partial charge in [0.25, 0.3) is 0 Å². The standard InChI is InChI=1S/C71H59FO10/c72-61-42-65(77-46-53-28-14-4-15-29-53)64(76-45-52-26-12-3-13-27-52)40-59(61)69-68(41-60-62(75-44-51-24-10-2-11-25-51)38-58(39-63(60)81-69)74-43-50-22-8-1-9-23-50)82-71(73)57-36-66(78-47-54-30-16-5-17-31-54)70(80-49-56-34-20-7-21-35-56)67(37-57)79-48-55-32-18-6-19-33-55/h1-40,42,68-69H,41,43-49H2/t68-,69+/m1/s1. The number of rotatable bonds is 24. The molecule has 11 rings (SSSR count). The van der Waals surface area contributed by atoms with E-state index in [2.05, 4.69) is 0 Å². The van der Waals surface area contributed by atoms with Gasteiger partial charge in [-0.15, -0.1) is 0 Å². The van der Waals surface area contributed by atoms with Crippen molar-refractivity contribution in [3.8, 4) is 46.0 Å². The second-order valence-electron chi connectivity index (χ2n) is 19.6. The summed E-state index contributed by atoms with van der Waals surface area (Å²) in [5.41, 5.74) is 7.08. The molecule has 0 radical (unpaired) electrons. The molecule has 0 fully saturated rings. The van der Waals surface area contributed by atoms with Crippen molar-refractivity contribution in [2.45, 2.75) is 64.9 Å². The van der Waals surface area contributed by atoms with E-state index in [4.69, 9.17) is 42.6 Å². The molecule has 0 amide bonds. The van der Waals surface area contributed by atoms with Gasteiger partial charge in [-0.1, -0.05) is 212 Å². The van der Waals surface area contributed by atoms with Gasteiger partial charge in [-0.2, -0.15) is 0 Å². The van der Waals surface area contributed by atoms with Gasteiger partial charge in [-0.05, 0) is 57.1 Å². The number of hydrogen-bond donors (Lipinski definition) is 0. The maximum atomic E-state index is 17.4. The lowest BCUT2D eigenvalue weighted by molar-refractivity contribution is -0.0201. The van der Waals surface area contributed by atoms with Crippen LogP contribution in [0.4, 0.5) is 4.39 Å². The van der Waals surface area contributed by atoms with Crippen molar-refractivity contribution in [1.29, 1.82) is 0 Å². The van der Waals surface area contributed by atoms with Crippen LogP contribution >= 0.6 is 0 Å². The first-order valence-electron chi connectivity index (χ1n) is 27.2. The third-order valence-electron chi connectivity index (χ3n) is 13.7. The van der Waals surface area contributed by atoms with Gasteiger partial charge in [0.2, 0.25) is 5.75 Å². The third kappa shape index (κ3) is 14.2. The molecule has 0 saturated carbocycles. The van der Waals surface area contributed by atoms with Crippen LogP contribution in [0.15, 0.2) is 249 Å². The number of esters is 1. The van der Waals surface area contributed by atoms with E-state index >= 15 is 9.18 Å². The summed E-state index contributed by atoms with van der Waals surface area (Å²) < 4.78 is 76.6. The Labute approximate surface area is 476 Å². The van der Waals surface area contributed by atoms with Gasteiger partial charge in [0.1, 0.15) is 75.4 Å². The summed E-state index contributed by atoms with van der Waals surface area (Å²) in [5.74, 6) is 1.05. The fourth-order valence-corrected chi connectivity index (χ4v) is 9.40. The van der Waals surface area contributed by atoms with Crippen LogP contribution in [0, 0.1) is 5.82 Å². The van der Waals surface area contributed by atoms with E-state index in [0.717, 1.165) is 38.9 Å². The first-order chi connectivity index (χ1) is 40.4. The summed E-state index contributed by atoms with van der Waals surface area (Å²) in [6.45, 7) is 1.25. The molecule has 0 aliphatic carbocycles. The Morgan fingerprint density at radius 1 is 0.390 bits per heavy atom. The molecule has 10 aromatic carbocycles. The molecule has 0 bridgehead atoms. The van der Waals surface area contributed by atoms with Gasteiger partial charge in [0, 0.05) is 35.7 Å². The lowest BCUT2D eigenvalue weighted by atomic mass is 9.93. The Morgan fingerprint density at radius 2 is 0.744 bits per heavy atom. The van der Waals surface area contributed by atoms with E-state index in [1.165, 1.54) is 6.07 Å². The Hall–Kier alpha value is -10.0. The lowest BCUT2D eigenvalue weighted by Crippen LogP contribution is -2.35. The Kier molecular flexibility index (Phi) is 17.6. The third-order valence-corrected chi connectivity index (χ3v) is 13.7. The minimum atomic E-state index is -1.25. The molecule has 10 nitrogen and oxygen atoms in total. The van der Waals surface area contributed by atoms with Crippen LogP contribution in [0.5, 0.6) is 46.0 Å². The topological polar surface area (TPSA) is 100 Å². The zero-order valence-corrected chi connectivity index (χ0v) is 44.9. The summed E-state index contributed by atoms with van der Waals surface area (Å²) in [6.07, 6.45) is -2.38. The second kappa shape index (κ2) is 26.8. The van der Waals surface area contributed by atoms with E-state index < -0.39 is 24.0 Å². The highest BCUT2D eigenvalue weighted by atomic mass is 19.1. The van der Waals surface area contributed by atoms with Gasteiger partial charge in [-0.3, -0.25) is 0 Å². The van der Waals surface area contributed by atoms with Crippen LogP contribution < -0.4 is 37.9 Å². The number of halogens is 1. The molecule has 410 valence electrons. The number of ether oxygens (including phenoxy) is 9. The van der Waals surface area contributed by atoms with Crippen molar-refractivity contribution in [3.05, 3.63) is 310 Å². The Balaban J connectivity index is 0.998. The average Bonchev–Trinajstić information content (AvgIpc) is 3.70. The molecule has 0 N–H and O–H groups in total. The number of hydrogen-bond acceptors (Lipinski definition) is 10. The quantitative estimate of drug-likeness (QED) is 0.0544. The fraction of sp³-hybridized carbons (Fsp3) is 0.141.